The van der Waals surface area contributed by atoms with Gasteiger partial charge in [-0.15, -0.1) is 0 Å². The highest BCUT2D eigenvalue weighted by molar-refractivity contribution is 7.99. The number of hydrogen-bond acceptors (Lipinski definition) is 4. The Morgan fingerprint density at radius 1 is 1.12 bits per heavy atom. The van der Waals surface area contributed by atoms with Crippen LogP contribution in [-0.4, -0.2) is 41.6 Å². The number of hydrogen-bond donors (Lipinski definition) is 2. The number of phenols is 1. The molecule has 25 heavy (non-hydrogen) atoms. The fraction of sp³-hybridized carbons (Fsp3) is 0.350. The highest BCUT2D eigenvalue weighted by Crippen LogP contribution is 2.30. The Labute approximate surface area is 152 Å². The first-order valence-corrected chi connectivity index (χ1v) is 9.57. The molecule has 2 aliphatic rings. The largest absolute Gasteiger partial charge is 0.508 e. The quantitative estimate of drug-likeness (QED) is 0.884. The van der Waals surface area contributed by atoms with Gasteiger partial charge in [0, 0.05) is 34.5 Å². The molecular formula is C20H22N2O2S. The molecule has 5 heteroatoms. The number of amides is 1. The van der Waals surface area contributed by atoms with Gasteiger partial charge < -0.3 is 15.3 Å². The Hall–Kier alpha value is -1.98. The van der Waals surface area contributed by atoms with Crippen molar-refractivity contribution >= 4 is 17.7 Å². The van der Waals surface area contributed by atoms with E-state index < -0.39 is 0 Å². The van der Waals surface area contributed by atoms with Crippen LogP contribution in [-0.2, 0) is 0 Å². The van der Waals surface area contributed by atoms with E-state index in [-0.39, 0.29) is 17.7 Å². The van der Waals surface area contributed by atoms with Gasteiger partial charge in [-0.25, -0.2) is 0 Å². The zero-order valence-electron chi connectivity index (χ0n) is 14.0. The summed E-state index contributed by atoms with van der Waals surface area (Å²) in [5, 5.41) is 12.7. The summed E-state index contributed by atoms with van der Waals surface area (Å²) in [5.74, 6) is 1.03. The molecule has 0 aliphatic carbocycles. The minimum Gasteiger partial charge on any atom is -0.508 e. The number of nitrogens with zero attached hydrogens (tertiary/aromatic N) is 1. The highest BCUT2D eigenvalue weighted by Gasteiger charge is 2.32. The summed E-state index contributed by atoms with van der Waals surface area (Å²) in [5.41, 5.74) is 0.702. The Bertz CT molecular complexity index is 751. The van der Waals surface area contributed by atoms with Crippen LogP contribution in [0.2, 0.25) is 0 Å². The summed E-state index contributed by atoms with van der Waals surface area (Å²) < 4.78 is 0. The molecule has 2 aromatic carbocycles. The van der Waals surface area contributed by atoms with Gasteiger partial charge in [0.25, 0.3) is 5.91 Å². The maximum atomic E-state index is 12.5. The van der Waals surface area contributed by atoms with Gasteiger partial charge in [0.1, 0.15) is 5.75 Å². The molecule has 4 nitrogen and oxygen atoms in total. The number of aromatic hydroxyl groups is 1. The zero-order valence-corrected chi connectivity index (χ0v) is 14.8. The number of rotatable bonds is 4. The summed E-state index contributed by atoms with van der Waals surface area (Å²) in [4.78, 5) is 17.0. The Morgan fingerprint density at radius 3 is 2.72 bits per heavy atom. The number of carbonyl (C=O) groups is 1. The number of nitrogens with one attached hydrogen (secondary N) is 1. The zero-order chi connectivity index (χ0) is 17.2. The third-order valence-electron chi connectivity index (χ3n) is 4.97. The van der Waals surface area contributed by atoms with Crippen LogP contribution in [0.3, 0.4) is 0 Å². The second-order valence-electron chi connectivity index (χ2n) is 6.94. The number of piperidine rings is 1. The molecular weight excluding hydrogens is 332 g/mol. The van der Waals surface area contributed by atoms with Crippen molar-refractivity contribution in [2.24, 2.45) is 5.92 Å². The van der Waals surface area contributed by atoms with E-state index in [2.05, 4.69) is 10.2 Å². The van der Waals surface area contributed by atoms with Gasteiger partial charge in [-0.1, -0.05) is 17.8 Å². The topological polar surface area (TPSA) is 52.6 Å². The lowest BCUT2D eigenvalue weighted by molar-refractivity contribution is 0.0909. The molecule has 2 aliphatic heterocycles. The smallest absolute Gasteiger partial charge is 0.251 e. The minimum absolute atomic E-state index is 0.0152. The van der Waals surface area contributed by atoms with E-state index in [0.717, 1.165) is 28.7 Å². The molecule has 2 heterocycles. The molecule has 130 valence electrons. The molecule has 0 saturated carbocycles. The van der Waals surface area contributed by atoms with E-state index in [1.807, 2.05) is 36.4 Å². The maximum Gasteiger partial charge on any atom is 0.251 e. The van der Waals surface area contributed by atoms with Crippen molar-refractivity contribution in [1.29, 1.82) is 0 Å². The van der Waals surface area contributed by atoms with Crippen molar-refractivity contribution in [2.45, 2.75) is 28.7 Å². The van der Waals surface area contributed by atoms with Crippen LogP contribution < -0.4 is 5.32 Å². The first-order valence-electron chi connectivity index (χ1n) is 8.76. The second-order valence-corrected chi connectivity index (χ2v) is 8.09. The van der Waals surface area contributed by atoms with Gasteiger partial charge >= 0.3 is 0 Å². The van der Waals surface area contributed by atoms with Gasteiger partial charge in [0.05, 0.1) is 0 Å². The minimum atomic E-state index is 0.0152. The average molecular weight is 354 g/mol. The van der Waals surface area contributed by atoms with E-state index in [1.54, 1.807) is 23.9 Å². The predicted octanol–water partition coefficient (Wildman–Crippen LogP) is 3.37. The van der Waals surface area contributed by atoms with Gasteiger partial charge in [0.15, 0.2) is 0 Å². The van der Waals surface area contributed by atoms with Crippen molar-refractivity contribution in [3.63, 3.8) is 0 Å². The fourth-order valence-corrected chi connectivity index (χ4v) is 4.66. The van der Waals surface area contributed by atoms with Crippen LogP contribution in [0, 0.1) is 5.92 Å². The monoisotopic (exact) mass is 354 g/mol. The molecule has 2 N–H and O–H groups in total. The third kappa shape index (κ3) is 3.99. The molecule has 3 atom stereocenters. The number of carbonyl (C=O) groups excluding carboxylic acids is 1. The van der Waals surface area contributed by atoms with E-state index in [4.69, 9.17) is 0 Å². The third-order valence-corrected chi connectivity index (χ3v) is 5.97. The molecule has 1 amide bonds. The van der Waals surface area contributed by atoms with Gasteiger partial charge in [-0.05, 0) is 67.8 Å². The predicted molar refractivity (Wildman–Crippen MR) is 99.1 cm³/mol. The molecule has 1 unspecified atom stereocenters. The highest BCUT2D eigenvalue weighted by atomic mass is 32.2. The Kier molecular flexibility index (Phi) is 4.68. The van der Waals surface area contributed by atoms with Crippen LogP contribution in [0.1, 0.15) is 23.2 Å². The van der Waals surface area contributed by atoms with E-state index in [9.17, 15) is 9.90 Å². The molecule has 0 aromatic heterocycles. The van der Waals surface area contributed by atoms with E-state index >= 15 is 0 Å². The summed E-state index contributed by atoms with van der Waals surface area (Å²) in [6.07, 6.45) is 2.38. The van der Waals surface area contributed by atoms with E-state index in [0.29, 0.717) is 5.56 Å². The average Bonchev–Trinajstić information content (AvgIpc) is 2.94. The lowest BCUT2D eigenvalue weighted by atomic mass is 9.96. The summed E-state index contributed by atoms with van der Waals surface area (Å²) in [6, 6.07) is 15.1. The molecule has 0 spiro atoms. The van der Waals surface area contributed by atoms with Crippen molar-refractivity contribution in [3.05, 3.63) is 54.1 Å². The number of benzene rings is 2. The molecule has 2 fully saturated rings. The molecule has 2 saturated heterocycles. The van der Waals surface area contributed by atoms with Crippen LogP contribution in [0.4, 0.5) is 0 Å². The Balaban J connectivity index is 1.37. The second kappa shape index (κ2) is 7.10. The summed E-state index contributed by atoms with van der Waals surface area (Å²) >= 11 is 1.57. The lowest BCUT2D eigenvalue weighted by Gasteiger charge is -2.30. The van der Waals surface area contributed by atoms with Crippen LogP contribution in [0.5, 0.6) is 5.75 Å². The summed E-state index contributed by atoms with van der Waals surface area (Å²) in [7, 11) is 0. The number of fused-ring (bicyclic) bond motifs is 2. The van der Waals surface area contributed by atoms with Crippen LogP contribution in [0.15, 0.2) is 58.3 Å². The van der Waals surface area contributed by atoms with E-state index in [1.165, 1.54) is 19.5 Å². The molecule has 2 bridgehead atoms. The van der Waals surface area contributed by atoms with Crippen LogP contribution in [0.25, 0.3) is 0 Å². The SMILES string of the molecule is O=C(N[C@@H]1C[C@H]2CCN(C2)C1)c1ccc(Sc2cccc(O)c2)cc1. The standard InChI is InChI=1S/C20H22N2O2S/c23-17-2-1-3-19(11-17)25-18-6-4-15(5-7-18)20(24)21-16-10-14-8-9-22(12-14)13-16/h1-7,11,14,16,23H,8-10,12-13H2,(H,21,24)/t14-,16-/m1/s1. The van der Waals surface area contributed by atoms with Gasteiger partial charge in [0.2, 0.25) is 0 Å². The lowest BCUT2D eigenvalue weighted by Crippen LogP contribution is -2.47. The van der Waals surface area contributed by atoms with Crippen molar-refractivity contribution in [1.82, 2.24) is 10.2 Å². The Morgan fingerprint density at radius 2 is 1.96 bits per heavy atom. The first-order chi connectivity index (χ1) is 12.2. The van der Waals surface area contributed by atoms with Gasteiger partial charge in [-0.2, -0.15) is 0 Å². The number of phenolic OH excluding ortho intramolecular Hbond substituents is 1. The van der Waals surface area contributed by atoms with Gasteiger partial charge in [-0.3, -0.25) is 4.79 Å². The maximum absolute atomic E-state index is 12.5. The molecule has 4 rings (SSSR count). The summed E-state index contributed by atoms with van der Waals surface area (Å²) in [6.45, 7) is 3.36. The molecule has 0 radical (unpaired) electrons. The fourth-order valence-electron chi connectivity index (χ4n) is 3.79. The van der Waals surface area contributed by atoms with Crippen molar-refractivity contribution in [3.8, 4) is 5.75 Å². The first kappa shape index (κ1) is 16.5. The normalized spacial score (nSPS) is 24.9. The molecule has 2 aromatic rings. The van der Waals surface area contributed by atoms with Crippen molar-refractivity contribution < 1.29 is 9.90 Å². The van der Waals surface area contributed by atoms with Crippen LogP contribution >= 0.6 is 11.8 Å². The van der Waals surface area contributed by atoms with Crippen molar-refractivity contribution in [2.75, 3.05) is 19.6 Å².